The van der Waals surface area contributed by atoms with Crippen molar-refractivity contribution in [2.45, 2.75) is 38.9 Å². The second kappa shape index (κ2) is 5.20. The summed E-state index contributed by atoms with van der Waals surface area (Å²) in [4.78, 5) is 6.98. The molecule has 1 aromatic heterocycles. The first-order chi connectivity index (χ1) is 7.88. The molecule has 0 aliphatic heterocycles. The van der Waals surface area contributed by atoms with E-state index in [0.29, 0.717) is 19.0 Å². The van der Waals surface area contributed by atoms with Gasteiger partial charge < -0.3 is 11.1 Å². The van der Waals surface area contributed by atoms with Crippen molar-refractivity contribution in [3.05, 3.63) is 11.8 Å². The van der Waals surface area contributed by atoms with Gasteiger partial charge in [0.1, 0.15) is 11.4 Å². The summed E-state index contributed by atoms with van der Waals surface area (Å²) in [5.74, 6) is -0.426. The second-order valence-corrected chi connectivity index (χ2v) is 3.65. The van der Waals surface area contributed by atoms with Crippen LogP contribution >= 0.6 is 0 Å². The highest BCUT2D eigenvalue weighted by atomic mass is 19.4. The molecule has 0 spiro atoms. The maximum absolute atomic E-state index is 12.7. The molecule has 3 N–H and O–H groups in total. The molecule has 0 atom stereocenters. The molecule has 1 rings (SSSR count). The maximum atomic E-state index is 12.7. The molecule has 1 aromatic rings. The number of nitrogens with two attached hydrogens (primary N) is 1. The number of hydrogen-bond acceptors (Lipinski definition) is 4. The van der Waals surface area contributed by atoms with Gasteiger partial charge >= 0.3 is 6.18 Å². The Morgan fingerprint density at radius 3 is 2.41 bits per heavy atom. The fourth-order valence-corrected chi connectivity index (χ4v) is 1.40. The van der Waals surface area contributed by atoms with Crippen LogP contribution in [0.4, 0.5) is 24.9 Å². The minimum Gasteiger partial charge on any atom is -0.368 e. The molecule has 0 bridgehead atoms. The lowest BCUT2D eigenvalue weighted by Crippen LogP contribution is -2.22. The average Bonchev–Trinajstić information content (AvgIpc) is 2.24. The third-order valence-electron chi connectivity index (χ3n) is 2.44. The Balaban J connectivity index is 3.07. The maximum Gasteiger partial charge on any atom is 0.421 e. The van der Waals surface area contributed by atoms with Crippen LogP contribution in [0.5, 0.6) is 0 Å². The molecule has 0 fully saturated rings. The van der Waals surface area contributed by atoms with Crippen LogP contribution < -0.4 is 11.1 Å². The van der Waals surface area contributed by atoms with Crippen LogP contribution in [-0.2, 0) is 6.18 Å². The highest BCUT2D eigenvalue weighted by Gasteiger charge is 2.35. The Bertz CT molecular complexity index is 374. The van der Waals surface area contributed by atoms with E-state index in [1.165, 1.54) is 0 Å². The lowest BCUT2D eigenvalue weighted by molar-refractivity contribution is -0.137. The number of anilines is 2. The first-order valence-electron chi connectivity index (χ1n) is 5.34. The normalized spacial score (nSPS) is 11.9. The van der Waals surface area contributed by atoms with Crippen molar-refractivity contribution in [1.29, 1.82) is 0 Å². The summed E-state index contributed by atoms with van der Waals surface area (Å²) in [5.41, 5.74) is 4.41. The Labute approximate surface area is 97.4 Å². The zero-order valence-electron chi connectivity index (χ0n) is 9.67. The molecule has 0 amide bonds. The molecule has 0 aliphatic rings. The summed E-state index contributed by atoms with van der Waals surface area (Å²) in [7, 11) is 0. The summed E-state index contributed by atoms with van der Waals surface area (Å²) < 4.78 is 38.0. The van der Waals surface area contributed by atoms with Gasteiger partial charge in [0.25, 0.3) is 0 Å². The standard InChI is InChI=1S/C10H15F3N4/c1-3-6(4-2)16-8-7(10(11,12)13)5-15-9(14)17-8/h5-6H,3-4H2,1-2H3,(H3,14,15,16,17). The van der Waals surface area contributed by atoms with Gasteiger partial charge in [-0.2, -0.15) is 18.2 Å². The number of alkyl halides is 3. The molecule has 0 aromatic carbocycles. The van der Waals surface area contributed by atoms with Crippen LogP contribution in [0.15, 0.2) is 6.20 Å². The van der Waals surface area contributed by atoms with Crippen molar-refractivity contribution in [3.63, 3.8) is 0 Å². The SMILES string of the molecule is CCC(CC)Nc1nc(N)ncc1C(F)(F)F. The topological polar surface area (TPSA) is 63.8 Å². The Kier molecular flexibility index (Phi) is 4.14. The number of rotatable bonds is 4. The van der Waals surface area contributed by atoms with Crippen molar-refractivity contribution in [2.24, 2.45) is 0 Å². The smallest absolute Gasteiger partial charge is 0.368 e. The summed E-state index contributed by atoms with van der Waals surface area (Å²) in [6.07, 6.45) is -2.37. The van der Waals surface area contributed by atoms with Crippen LogP contribution in [0, 0.1) is 0 Å². The highest BCUT2D eigenvalue weighted by Crippen LogP contribution is 2.33. The summed E-state index contributed by atoms with van der Waals surface area (Å²) in [5, 5.41) is 2.74. The van der Waals surface area contributed by atoms with Crippen molar-refractivity contribution in [3.8, 4) is 0 Å². The highest BCUT2D eigenvalue weighted by molar-refractivity contribution is 5.48. The van der Waals surface area contributed by atoms with Gasteiger partial charge in [-0.25, -0.2) is 4.98 Å². The van der Waals surface area contributed by atoms with Crippen LogP contribution in [0.1, 0.15) is 32.3 Å². The molecular formula is C10H15F3N4. The third-order valence-corrected chi connectivity index (χ3v) is 2.44. The molecule has 0 radical (unpaired) electrons. The predicted octanol–water partition coefficient (Wildman–Crippen LogP) is 2.68. The molecule has 1 heterocycles. The number of aromatic nitrogens is 2. The van der Waals surface area contributed by atoms with E-state index in [4.69, 9.17) is 5.73 Å². The second-order valence-electron chi connectivity index (χ2n) is 3.65. The van der Waals surface area contributed by atoms with Gasteiger partial charge in [-0.05, 0) is 12.8 Å². The van der Waals surface area contributed by atoms with E-state index in [9.17, 15) is 13.2 Å². The molecule has 7 heteroatoms. The number of hydrogen-bond donors (Lipinski definition) is 2. The van der Waals surface area contributed by atoms with E-state index in [-0.39, 0.29) is 17.8 Å². The molecule has 17 heavy (non-hydrogen) atoms. The number of halogens is 3. The van der Waals surface area contributed by atoms with Gasteiger partial charge in [-0.15, -0.1) is 0 Å². The molecule has 0 saturated heterocycles. The summed E-state index contributed by atoms with van der Waals surface area (Å²) in [6, 6.07) is -0.0644. The first kappa shape index (κ1) is 13.5. The van der Waals surface area contributed by atoms with E-state index in [2.05, 4.69) is 15.3 Å². The number of nitrogens with zero attached hydrogens (tertiary/aromatic N) is 2. The van der Waals surface area contributed by atoms with E-state index < -0.39 is 11.7 Å². The van der Waals surface area contributed by atoms with Gasteiger partial charge in [0.15, 0.2) is 0 Å². The number of nitrogens with one attached hydrogen (secondary N) is 1. The molecule has 96 valence electrons. The summed E-state index contributed by atoms with van der Waals surface area (Å²) >= 11 is 0. The van der Waals surface area contributed by atoms with Gasteiger partial charge in [0, 0.05) is 12.2 Å². The van der Waals surface area contributed by atoms with Gasteiger partial charge in [-0.1, -0.05) is 13.8 Å². The monoisotopic (exact) mass is 248 g/mol. The summed E-state index contributed by atoms with van der Waals surface area (Å²) in [6.45, 7) is 3.78. The zero-order chi connectivity index (χ0) is 13.1. The largest absolute Gasteiger partial charge is 0.421 e. The van der Waals surface area contributed by atoms with Crippen molar-refractivity contribution < 1.29 is 13.2 Å². The van der Waals surface area contributed by atoms with E-state index in [0.717, 1.165) is 0 Å². The lowest BCUT2D eigenvalue weighted by atomic mass is 10.1. The molecule has 4 nitrogen and oxygen atoms in total. The van der Waals surface area contributed by atoms with Gasteiger partial charge in [0.05, 0.1) is 0 Å². The zero-order valence-corrected chi connectivity index (χ0v) is 9.67. The van der Waals surface area contributed by atoms with Gasteiger partial charge in [0.2, 0.25) is 5.95 Å². The fraction of sp³-hybridized carbons (Fsp3) is 0.600. The molecule has 0 unspecified atom stereocenters. The molecular weight excluding hydrogens is 233 g/mol. The van der Waals surface area contributed by atoms with Crippen molar-refractivity contribution >= 4 is 11.8 Å². The first-order valence-corrected chi connectivity index (χ1v) is 5.34. The molecule has 0 aliphatic carbocycles. The minimum absolute atomic E-state index is 0.0644. The predicted molar refractivity (Wildman–Crippen MR) is 59.4 cm³/mol. The van der Waals surface area contributed by atoms with Gasteiger partial charge in [-0.3, -0.25) is 0 Å². The van der Waals surface area contributed by atoms with Crippen LogP contribution in [0.25, 0.3) is 0 Å². The van der Waals surface area contributed by atoms with E-state index >= 15 is 0 Å². The minimum atomic E-state index is -4.48. The van der Waals surface area contributed by atoms with E-state index in [1.807, 2.05) is 13.8 Å². The van der Waals surface area contributed by atoms with Crippen LogP contribution in [-0.4, -0.2) is 16.0 Å². The Morgan fingerprint density at radius 1 is 1.35 bits per heavy atom. The quantitative estimate of drug-likeness (QED) is 0.859. The van der Waals surface area contributed by atoms with Crippen molar-refractivity contribution in [2.75, 3.05) is 11.1 Å². The average molecular weight is 248 g/mol. The molecule has 0 saturated carbocycles. The Morgan fingerprint density at radius 2 is 1.94 bits per heavy atom. The van der Waals surface area contributed by atoms with Crippen molar-refractivity contribution in [1.82, 2.24) is 9.97 Å². The number of nitrogen functional groups attached to an aromatic ring is 1. The fourth-order valence-electron chi connectivity index (χ4n) is 1.40. The van der Waals surface area contributed by atoms with Crippen LogP contribution in [0.2, 0.25) is 0 Å². The van der Waals surface area contributed by atoms with Crippen LogP contribution in [0.3, 0.4) is 0 Å². The third kappa shape index (κ3) is 3.47. The Hall–Kier alpha value is -1.53. The lowest BCUT2D eigenvalue weighted by Gasteiger charge is -2.19. The van der Waals surface area contributed by atoms with E-state index in [1.54, 1.807) is 0 Å².